The molecule has 0 radical (unpaired) electrons. The highest BCUT2D eigenvalue weighted by molar-refractivity contribution is 5.79. The van der Waals surface area contributed by atoms with Crippen LogP contribution in [0.1, 0.15) is 30.4 Å². The van der Waals surface area contributed by atoms with Crippen molar-refractivity contribution in [1.82, 2.24) is 14.7 Å². The first-order valence-corrected chi connectivity index (χ1v) is 10.4. The lowest BCUT2D eigenvalue weighted by atomic mass is 9.86. The summed E-state index contributed by atoms with van der Waals surface area (Å²) in [5.74, 6) is -0.363. The lowest BCUT2D eigenvalue weighted by Gasteiger charge is -2.46. The Morgan fingerprint density at radius 3 is 2.57 bits per heavy atom. The molecule has 0 aliphatic carbocycles. The van der Waals surface area contributed by atoms with Gasteiger partial charge in [-0.3, -0.25) is 14.5 Å². The SMILES string of the molecule is Cc1cccc(CC(=O)N2CC[C@@H](N3CCN(C)CC3)[C@@H](CCC(=O)O)C2)c1. The van der Waals surface area contributed by atoms with Crippen molar-refractivity contribution in [1.29, 1.82) is 0 Å². The number of rotatable bonds is 6. The summed E-state index contributed by atoms with van der Waals surface area (Å²) < 4.78 is 0. The number of benzene rings is 1. The summed E-state index contributed by atoms with van der Waals surface area (Å²) in [6, 6.07) is 8.49. The van der Waals surface area contributed by atoms with Gasteiger partial charge in [0, 0.05) is 51.7 Å². The van der Waals surface area contributed by atoms with Crippen molar-refractivity contribution in [3.8, 4) is 0 Å². The molecule has 2 atom stereocenters. The summed E-state index contributed by atoms with van der Waals surface area (Å²) in [7, 11) is 2.14. The zero-order chi connectivity index (χ0) is 20.1. The average Bonchev–Trinajstić information content (AvgIpc) is 2.67. The van der Waals surface area contributed by atoms with Crippen LogP contribution in [0.4, 0.5) is 0 Å². The van der Waals surface area contributed by atoms with Gasteiger partial charge in [-0.15, -0.1) is 0 Å². The van der Waals surface area contributed by atoms with Gasteiger partial charge in [0.1, 0.15) is 0 Å². The number of carbonyl (C=O) groups is 2. The highest BCUT2D eigenvalue weighted by atomic mass is 16.4. The van der Waals surface area contributed by atoms with Gasteiger partial charge >= 0.3 is 5.97 Å². The van der Waals surface area contributed by atoms with Gasteiger partial charge in [-0.1, -0.05) is 29.8 Å². The van der Waals surface area contributed by atoms with Crippen LogP contribution in [0.3, 0.4) is 0 Å². The van der Waals surface area contributed by atoms with Crippen LogP contribution in [0, 0.1) is 12.8 Å². The van der Waals surface area contributed by atoms with E-state index >= 15 is 0 Å². The van der Waals surface area contributed by atoms with E-state index in [-0.39, 0.29) is 18.2 Å². The molecule has 3 rings (SSSR count). The third-order valence-electron chi connectivity index (χ3n) is 6.22. The van der Waals surface area contributed by atoms with Crippen LogP contribution in [-0.2, 0) is 16.0 Å². The molecule has 154 valence electrons. The second-order valence-corrected chi connectivity index (χ2v) is 8.39. The summed E-state index contributed by atoms with van der Waals surface area (Å²) in [5, 5.41) is 9.17. The maximum Gasteiger partial charge on any atom is 0.303 e. The molecular weight excluding hydrogens is 354 g/mol. The fourth-order valence-electron chi connectivity index (χ4n) is 4.58. The van der Waals surface area contributed by atoms with Crippen molar-refractivity contribution < 1.29 is 14.7 Å². The summed E-state index contributed by atoms with van der Waals surface area (Å²) in [6.07, 6.45) is 2.18. The predicted octanol–water partition coefficient (Wildman–Crippen LogP) is 1.87. The number of likely N-dealkylation sites (N-methyl/N-ethyl adjacent to an activating group) is 1. The first kappa shape index (κ1) is 20.8. The lowest BCUT2D eigenvalue weighted by Crippen LogP contribution is -2.57. The molecule has 0 aromatic heterocycles. The Bertz CT molecular complexity index is 685. The van der Waals surface area contributed by atoms with E-state index in [0.29, 0.717) is 25.4 Å². The molecule has 0 unspecified atom stereocenters. The Morgan fingerprint density at radius 2 is 1.89 bits per heavy atom. The second kappa shape index (κ2) is 9.52. The van der Waals surface area contributed by atoms with Crippen LogP contribution >= 0.6 is 0 Å². The number of amides is 1. The predicted molar refractivity (Wildman–Crippen MR) is 109 cm³/mol. The zero-order valence-corrected chi connectivity index (χ0v) is 17.1. The molecule has 2 saturated heterocycles. The van der Waals surface area contributed by atoms with E-state index in [9.17, 15) is 14.7 Å². The van der Waals surface area contributed by atoms with Crippen LogP contribution < -0.4 is 0 Å². The van der Waals surface area contributed by atoms with E-state index in [2.05, 4.69) is 22.9 Å². The highest BCUT2D eigenvalue weighted by Gasteiger charge is 2.35. The Morgan fingerprint density at radius 1 is 1.14 bits per heavy atom. The summed E-state index contributed by atoms with van der Waals surface area (Å²) in [5.41, 5.74) is 2.21. The van der Waals surface area contributed by atoms with Crippen LogP contribution in [0.25, 0.3) is 0 Å². The first-order valence-electron chi connectivity index (χ1n) is 10.4. The molecule has 2 aliphatic rings. The van der Waals surface area contributed by atoms with Gasteiger partial charge in [0.2, 0.25) is 5.91 Å². The molecule has 2 fully saturated rings. The molecule has 2 heterocycles. The van der Waals surface area contributed by atoms with Crippen LogP contribution in [-0.4, -0.2) is 84.0 Å². The molecule has 1 aromatic rings. The van der Waals surface area contributed by atoms with Crippen LogP contribution in [0.2, 0.25) is 0 Å². The zero-order valence-electron chi connectivity index (χ0n) is 17.1. The summed E-state index contributed by atoms with van der Waals surface area (Å²) in [6.45, 7) is 7.65. The number of nitrogens with zero attached hydrogens (tertiary/aromatic N) is 3. The molecule has 28 heavy (non-hydrogen) atoms. The summed E-state index contributed by atoms with van der Waals surface area (Å²) >= 11 is 0. The standard InChI is InChI=1S/C22H33N3O3/c1-17-4-3-5-18(14-17)15-21(26)25-9-8-20(19(16-25)6-7-22(27)28)24-12-10-23(2)11-13-24/h3-5,14,19-20H,6-13,15-16H2,1-2H3,(H,27,28)/t19-,20+/m0/s1. The van der Waals surface area contributed by atoms with E-state index < -0.39 is 5.97 Å². The largest absolute Gasteiger partial charge is 0.481 e. The third kappa shape index (κ3) is 5.55. The van der Waals surface area contributed by atoms with Crippen molar-refractivity contribution in [3.05, 3.63) is 35.4 Å². The number of likely N-dealkylation sites (tertiary alicyclic amines) is 1. The molecule has 0 bridgehead atoms. The van der Waals surface area contributed by atoms with Crippen molar-refractivity contribution in [2.24, 2.45) is 5.92 Å². The number of aliphatic carboxylic acids is 1. The van der Waals surface area contributed by atoms with Gasteiger partial charge in [-0.2, -0.15) is 0 Å². The minimum Gasteiger partial charge on any atom is -0.481 e. The lowest BCUT2D eigenvalue weighted by molar-refractivity contribution is -0.137. The van der Waals surface area contributed by atoms with Crippen molar-refractivity contribution in [2.75, 3.05) is 46.3 Å². The van der Waals surface area contributed by atoms with Gasteiger partial charge in [0.05, 0.1) is 6.42 Å². The Labute approximate surface area is 168 Å². The molecule has 0 saturated carbocycles. The minimum absolute atomic E-state index is 0.155. The van der Waals surface area contributed by atoms with Gasteiger partial charge in [-0.05, 0) is 38.3 Å². The molecule has 6 heteroatoms. The molecule has 1 aromatic carbocycles. The normalized spacial score (nSPS) is 24.3. The topological polar surface area (TPSA) is 64.1 Å². The van der Waals surface area contributed by atoms with Crippen LogP contribution in [0.5, 0.6) is 0 Å². The van der Waals surface area contributed by atoms with Crippen molar-refractivity contribution >= 4 is 11.9 Å². The minimum atomic E-state index is -0.750. The van der Waals surface area contributed by atoms with E-state index in [1.54, 1.807) is 0 Å². The molecule has 1 amide bonds. The highest BCUT2D eigenvalue weighted by Crippen LogP contribution is 2.27. The number of aryl methyl sites for hydroxylation is 1. The average molecular weight is 388 g/mol. The molecule has 1 N–H and O–H groups in total. The molecular formula is C22H33N3O3. The van der Waals surface area contributed by atoms with Crippen molar-refractivity contribution in [2.45, 2.75) is 38.6 Å². The number of carbonyl (C=O) groups excluding carboxylic acids is 1. The monoisotopic (exact) mass is 387 g/mol. The van der Waals surface area contributed by atoms with Gasteiger partial charge in [-0.25, -0.2) is 0 Å². The van der Waals surface area contributed by atoms with Gasteiger partial charge in [0.25, 0.3) is 0 Å². The Balaban J connectivity index is 1.64. The second-order valence-electron chi connectivity index (χ2n) is 8.39. The van der Waals surface area contributed by atoms with E-state index in [4.69, 9.17) is 0 Å². The fraction of sp³-hybridized carbons (Fsp3) is 0.636. The van der Waals surface area contributed by atoms with E-state index in [0.717, 1.165) is 44.7 Å². The Hall–Kier alpha value is -1.92. The smallest absolute Gasteiger partial charge is 0.303 e. The third-order valence-corrected chi connectivity index (χ3v) is 6.22. The first-order chi connectivity index (χ1) is 13.4. The quantitative estimate of drug-likeness (QED) is 0.807. The number of piperazine rings is 1. The number of carboxylic acid groups (broad SMARTS) is 1. The number of piperidine rings is 1. The molecule has 6 nitrogen and oxygen atoms in total. The van der Waals surface area contributed by atoms with Gasteiger partial charge in [0.15, 0.2) is 0 Å². The van der Waals surface area contributed by atoms with Crippen LogP contribution in [0.15, 0.2) is 24.3 Å². The number of hydrogen-bond donors (Lipinski definition) is 1. The van der Waals surface area contributed by atoms with E-state index in [1.165, 1.54) is 5.56 Å². The fourth-order valence-corrected chi connectivity index (χ4v) is 4.58. The van der Waals surface area contributed by atoms with E-state index in [1.807, 2.05) is 30.0 Å². The van der Waals surface area contributed by atoms with Crippen molar-refractivity contribution in [3.63, 3.8) is 0 Å². The number of hydrogen-bond acceptors (Lipinski definition) is 4. The molecule has 0 spiro atoms. The molecule has 2 aliphatic heterocycles. The number of carboxylic acids is 1. The van der Waals surface area contributed by atoms with Gasteiger partial charge < -0.3 is 14.9 Å². The maximum absolute atomic E-state index is 12.9. The maximum atomic E-state index is 12.9. The summed E-state index contributed by atoms with van der Waals surface area (Å²) in [4.78, 5) is 30.9. The Kier molecular flexibility index (Phi) is 7.08.